The van der Waals surface area contributed by atoms with Crippen molar-refractivity contribution >= 4 is 17.6 Å². The summed E-state index contributed by atoms with van der Waals surface area (Å²) < 4.78 is 38.0. The summed E-state index contributed by atoms with van der Waals surface area (Å²) in [7, 11) is 0. The molecular formula is C17H14F3NO3. The van der Waals surface area contributed by atoms with Crippen molar-refractivity contribution < 1.29 is 27.9 Å². The number of hydrogen-bond donors (Lipinski definition) is 2. The van der Waals surface area contributed by atoms with E-state index >= 15 is 0 Å². The maximum Gasteiger partial charge on any atom is 0.395 e. The lowest BCUT2D eigenvalue weighted by Gasteiger charge is -2.16. The SMILES string of the molecule is C[C@@H](c1ccc(C(=O)Nc2ccccc2C(=O)O)cc1)C(F)(F)F. The number of nitrogens with one attached hydrogen (secondary N) is 1. The van der Waals surface area contributed by atoms with E-state index in [9.17, 15) is 22.8 Å². The second-order valence-electron chi connectivity index (χ2n) is 5.19. The van der Waals surface area contributed by atoms with Gasteiger partial charge in [0.25, 0.3) is 5.91 Å². The van der Waals surface area contributed by atoms with Crippen molar-refractivity contribution in [3.63, 3.8) is 0 Å². The third kappa shape index (κ3) is 3.92. The van der Waals surface area contributed by atoms with Crippen molar-refractivity contribution in [1.82, 2.24) is 0 Å². The normalized spacial score (nSPS) is 12.5. The maximum absolute atomic E-state index is 12.7. The number of benzene rings is 2. The number of carboxylic acids is 1. The minimum atomic E-state index is -4.36. The van der Waals surface area contributed by atoms with Gasteiger partial charge in [0.2, 0.25) is 0 Å². The van der Waals surface area contributed by atoms with E-state index < -0.39 is 24.0 Å². The van der Waals surface area contributed by atoms with Gasteiger partial charge in [0.15, 0.2) is 0 Å². The van der Waals surface area contributed by atoms with E-state index in [1.807, 2.05) is 0 Å². The highest BCUT2D eigenvalue weighted by Crippen LogP contribution is 2.34. The highest BCUT2D eigenvalue weighted by molar-refractivity contribution is 6.07. The number of halogens is 3. The van der Waals surface area contributed by atoms with Crippen LogP contribution in [-0.4, -0.2) is 23.2 Å². The van der Waals surface area contributed by atoms with Gasteiger partial charge in [-0.15, -0.1) is 0 Å². The van der Waals surface area contributed by atoms with Gasteiger partial charge in [0, 0.05) is 5.56 Å². The van der Waals surface area contributed by atoms with E-state index in [4.69, 9.17) is 5.11 Å². The smallest absolute Gasteiger partial charge is 0.395 e. The van der Waals surface area contributed by atoms with Crippen LogP contribution in [0, 0.1) is 0 Å². The maximum atomic E-state index is 12.7. The summed E-state index contributed by atoms with van der Waals surface area (Å²) in [6.45, 7) is 1.04. The summed E-state index contributed by atoms with van der Waals surface area (Å²) in [6, 6.07) is 10.9. The molecule has 0 saturated carbocycles. The monoisotopic (exact) mass is 337 g/mol. The summed E-state index contributed by atoms with van der Waals surface area (Å²) >= 11 is 0. The average molecular weight is 337 g/mol. The molecule has 24 heavy (non-hydrogen) atoms. The van der Waals surface area contributed by atoms with Crippen molar-refractivity contribution in [2.45, 2.75) is 19.0 Å². The highest BCUT2D eigenvalue weighted by Gasteiger charge is 2.36. The lowest BCUT2D eigenvalue weighted by Crippen LogP contribution is -2.18. The predicted molar refractivity (Wildman–Crippen MR) is 82.3 cm³/mol. The fourth-order valence-corrected chi connectivity index (χ4v) is 2.09. The predicted octanol–water partition coefficient (Wildman–Crippen LogP) is 4.30. The highest BCUT2D eigenvalue weighted by atomic mass is 19.4. The number of rotatable bonds is 4. The van der Waals surface area contributed by atoms with Crippen LogP contribution in [0.5, 0.6) is 0 Å². The Hall–Kier alpha value is -2.83. The number of anilines is 1. The molecule has 0 fully saturated rings. The molecule has 0 aromatic heterocycles. The Balaban J connectivity index is 2.18. The van der Waals surface area contributed by atoms with Crippen LogP contribution < -0.4 is 5.32 Å². The van der Waals surface area contributed by atoms with Gasteiger partial charge in [0.1, 0.15) is 0 Å². The second kappa shape index (κ2) is 6.74. The third-order valence-corrected chi connectivity index (χ3v) is 3.57. The summed E-state index contributed by atoms with van der Waals surface area (Å²) in [5, 5.41) is 11.5. The summed E-state index contributed by atoms with van der Waals surface area (Å²) in [4.78, 5) is 23.2. The van der Waals surface area contributed by atoms with Crippen LogP contribution in [0.15, 0.2) is 48.5 Å². The Labute approximate surface area is 135 Å². The standard InChI is InChI=1S/C17H14F3NO3/c1-10(17(18,19)20)11-6-8-12(9-7-11)15(22)21-14-5-3-2-4-13(14)16(23)24/h2-10H,1H3,(H,21,22)(H,23,24)/t10-/m0/s1. The van der Waals surface area contributed by atoms with Crippen molar-refractivity contribution in [2.75, 3.05) is 5.32 Å². The molecule has 0 unspecified atom stereocenters. The molecule has 2 rings (SSSR count). The first-order valence-corrected chi connectivity index (χ1v) is 7.00. The van der Waals surface area contributed by atoms with Crippen LogP contribution in [0.3, 0.4) is 0 Å². The van der Waals surface area contributed by atoms with Crippen molar-refractivity contribution in [2.24, 2.45) is 0 Å². The molecule has 0 spiro atoms. The van der Waals surface area contributed by atoms with Crippen LogP contribution in [0.2, 0.25) is 0 Å². The second-order valence-corrected chi connectivity index (χ2v) is 5.19. The molecule has 0 heterocycles. The first-order valence-electron chi connectivity index (χ1n) is 7.00. The first kappa shape index (κ1) is 17.5. The molecule has 2 aromatic rings. The Kier molecular flexibility index (Phi) is 4.92. The summed E-state index contributed by atoms with van der Waals surface area (Å²) in [5.74, 6) is -3.43. The molecule has 2 aromatic carbocycles. The third-order valence-electron chi connectivity index (χ3n) is 3.57. The molecule has 0 saturated heterocycles. The molecule has 1 amide bonds. The number of carbonyl (C=O) groups is 2. The fourth-order valence-electron chi connectivity index (χ4n) is 2.09. The number of amides is 1. The van der Waals surface area contributed by atoms with Gasteiger partial charge in [-0.1, -0.05) is 24.3 Å². The lowest BCUT2D eigenvalue weighted by molar-refractivity contribution is -0.146. The Bertz CT molecular complexity index is 754. The van der Waals surface area contributed by atoms with E-state index in [0.717, 1.165) is 6.92 Å². The zero-order valence-electron chi connectivity index (χ0n) is 12.6. The summed E-state index contributed by atoms with van der Waals surface area (Å²) in [6.07, 6.45) is -4.36. The van der Waals surface area contributed by atoms with Gasteiger partial charge in [-0.3, -0.25) is 4.79 Å². The number of alkyl halides is 3. The number of para-hydroxylation sites is 1. The Morgan fingerprint density at radius 1 is 1.04 bits per heavy atom. The molecule has 4 nitrogen and oxygen atoms in total. The number of carboxylic acid groups (broad SMARTS) is 1. The van der Waals surface area contributed by atoms with Crippen LogP contribution in [0.25, 0.3) is 0 Å². The zero-order valence-corrected chi connectivity index (χ0v) is 12.6. The van der Waals surface area contributed by atoms with Crippen LogP contribution in [-0.2, 0) is 0 Å². The Morgan fingerprint density at radius 3 is 2.17 bits per heavy atom. The number of hydrogen-bond acceptors (Lipinski definition) is 2. The number of carbonyl (C=O) groups excluding carboxylic acids is 1. The van der Waals surface area contributed by atoms with Crippen molar-refractivity contribution in [3.05, 3.63) is 65.2 Å². The molecular weight excluding hydrogens is 323 g/mol. The van der Waals surface area contributed by atoms with Gasteiger partial charge >= 0.3 is 12.1 Å². The molecule has 7 heteroatoms. The van der Waals surface area contributed by atoms with E-state index in [-0.39, 0.29) is 22.4 Å². The van der Waals surface area contributed by atoms with Crippen LogP contribution >= 0.6 is 0 Å². The van der Waals surface area contributed by atoms with E-state index in [1.54, 1.807) is 6.07 Å². The van der Waals surface area contributed by atoms with Crippen molar-refractivity contribution in [1.29, 1.82) is 0 Å². The minimum Gasteiger partial charge on any atom is -0.478 e. The quantitative estimate of drug-likeness (QED) is 0.874. The van der Waals surface area contributed by atoms with Crippen LogP contribution in [0.1, 0.15) is 39.1 Å². The largest absolute Gasteiger partial charge is 0.478 e. The van der Waals surface area contributed by atoms with E-state index in [1.165, 1.54) is 42.5 Å². The van der Waals surface area contributed by atoms with Gasteiger partial charge < -0.3 is 10.4 Å². The van der Waals surface area contributed by atoms with Gasteiger partial charge in [-0.05, 0) is 36.8 Å². The van der Waals surface area contributed by atoms with Gasteiger partial charge in [-0.2, -0.15) is 13.2 Å². The Morgan fingerprint density at radius 2 is 1.62 bits per heavy atom. The molecule has 0 aliphatic heterocycles. The molecule has 2 N–H and O–H groups in total. The molecule has 0 bridgehead atoms. The number of aromatic carboxylic acids is 1. The molecule has 1 atom stereocenters. The molecule has 126 valence electrons. The average Bonchev–Trinajstić information content (AvgIpc) is 2.53. The molecule has 0 radical (unpaired) electrons. The zero-order chi connectivity index (χ0) is 17.9. The van der Waals surface area contributed by atoms with Crippen LogP contribution in [0.4, 0.5) is 18.9 Å². The van der Waals surface area contributed by atoms with Crippen molar-refractivity contribution in [3.8, 4) is 0 Å². The fraction of sp³-hybridized carbons (Fsp3) is 0.176. The molecule has 0 aliphatic carbocycles. The first-order chi connectivity index (χ1) is 11.2. The van der Waals surface area contributed by atoms with E-state index in [2.05, 4.69) is 5.32 Å². The van der Waals surface area contributed by atoms with Gasteiger partial charge in [-0.25, -0.2) is 4.79 Å². The van der Waals surface area contributed by atoms with Gasteiger partial charge in [0.05, 0.1) is 17.2 Å². The van der Waals surface area contributed by atoms with E-state index in [0.29, 0.717) is 0 Å². The molecule has 0 aliphatic rings. The topological polar surface area (TPSA) is 66.4 Å². The minimum absolute atomic E-state index is 0.0463. The lowest BCUT2D eigenvalue weighted by atomic mass is 9.99. The summed E-state index contributed by atoms with van der Waals surface area (Å²) in [5.41, 5.74) is 0.217.